The van der Waals surface area contributed by atoms with Crippen molar-refractivity contribution in [3.05, 3.63) is 28.7 Å². The molecule has 1 amide bonds. The lowest BCUT2D eigenvalue weighted by Crippen LogP contribution is -2.44. The Morgan fingerprint density at radius 3 is 3.04 bits per heavy atom. The van der Waals surface area contributed by atoms with Gasteiger partial charge in [0.25, 0.3) is 0 Å². The number of carbonyl (C=O) groups excluding carboxylic acids is 1. The third kappa shape index (κ3) is 4.00. The lowest BCUT2D eigenvalue weighted by Gasteiger charge is -2.35. The smallest absolute Gasteiger partial charge is 0.233 e. The number of halogens is 1. The second-order valence-corrected chi connectivity index (χ2v) is 7.68. The average molecular weight is 409 g/mol. The highest BCUT2D eigenvalue weighted by Crippen LogP contribution is 2.27. The summed E-state index contributed by atoms with van der Waals surface area (Å²) in [6.07, 6.45) is 4.49. The number of likely N-dealkylation sites (tertiary alicyclic amines) is 1. The maximum absolute atomic E-state index is 12.5. The van der Waals surface area contributed by atoms with Crippen molar-refractivity contribution in [2.75, 3.05) is 12.3 Å². The van der Waals surface area contributed by atoms with E-state index >= 15 is 0 Å². The molecule has 5 nitrogen and oxygen atoms in total. The number of aromatic nitrogens is 3. The first-order valence-electron chi connectivity index (χ1n) is 8.28. The van der Waals surface area contributed by atoms with Crippen molar-refractivity contribution in [2.24, 2.45) is 0 Å². The van der Waals surface area contributed by atoms with E-state index in [4.69, 9.17) is 0 Å². The van der Waals surface area contributed by atoms with Crippen molar-refractivity contribution < 1.29 is 4.79 Å². The van der Waals surface area contributed by atoms with E-state index < -0.39 is 0 Å². The summed E-state index contributed by atoms with van der Waals surface area (Å²) in [5, 5.41) is 7.78. The van der Waals surface area contributed by atoms with Gasteiger partial charge in [-0.25, -0.2) is 4.98 Å². The molecule has 3 rings (SSSR count). The Kier molecular flexibility index (Phi) is 5.94. The number of benzene rings is 1. The third-order valence-electron chi connectivity index (χ3n) is 4.34. The number of thioether (sulfide) groups is 1. The number of piperidine rings is 1. The van der Waals surface area contributed by atoms with Gasteiger partial charge in [0, 0.05) is 22.6 Å². The number of hydrogen-bond acceptors (Lipinski definition) is 4. The number of aromatic amines is 1. The number of nitrogens with one attached hydrogen (secondary N) is 1. The van der Waals surface area contributed by atoms with Crippen LogP contribution in [0.25, 0.3) is 11.4 Å². The number of rotatable bonds is 5. The van der Waals surface area contributed by atoms with E-state index in [1.54, 1.807) is 0 Å². The Hall–Kier alpha value is -1.34. The van der Waals surface area contributed by atoms with E-state index in [1.165, 1.54) is 18.2 Å². The maximum atomic E-state index is 12.5. The molecule has 0 bridgehead atoms. The van der Waals surface area contributed by atoms with E-state index in [0.29, 0.717) is 22.8 Å². The second kappa shape index (κ2) is 8.16. The number of H-pyrrole nitrogens is 1. The molecule has 0 radical (unpaired) electrons. The molecular formula is C17H21BrN4OS. The molecule has 1 aliphatic heterocycles. The monoisotopic (exact) mass is 408 g/mol. The summed E-state index contributed by atoms with van der Waals surface area (Å²) in [6.45, 7) is 3.04. The van der Waals surface area contributed by atoms with Crippen LogP contribution in [0.3, 0.4) is 0 Å². The van der Waals surface area contributed by atoms with Crippen LogP contribution in [0.2, 0.25) is 0 Å². The summed E-state index contributed by atoms with van der Waals surface area (Å²) in [4.78, 5) is 19.0. The van der Waals surface area contributed by atoms with Crippen LogP contribution >= 0.6 is 27.7 Å². The minimum absolute atomic E-state index is 0.193. The molecule has 1 N–H and O–H groups in total. The Morgan fingerprint density at radius 2 is 2.25 bits per heavy atom. The van der Waals surface area contributed by atoms with Crippen LogP contribution in [0.4, 0.5) is 0 Å². The molecule has 0 unspecified atom stereocenters. The highest BCUT2D eigenvalue weighted by atomic mass is 79.9. The quantitative estimate of drug-likeness (QED) is 0.755. The Morgan fingerprint density at radius 1 is 1.42 bits per heavy atom. The highest BCUT2D eigenvalue weighted by Gasteiger charge is 2.25. The van der Waals surface area contributed by atoms with Crippen molar-refractivity contribution in [1.82, 2.24) is 20.1 Å². The van der Waals surface area contributed by atoms with Gasteiger partial charge < -0.3 is 4.90 Å². The van der Waals surface area contributed by atoms with Gasteiger partial charge in [-0.3, -0.25) is 9.89 Å². The molecule has 128 valence electrons. The van der Waals surface area contributed by atoms with Crippen molar-refractivity contribution >= 4 is 33.6 Å². The summed E-state index contributed by atoms with van der Waals surface area (Å²) in [6, 6.07) is 8.26. The third-order valence-corrected chi connectivity index (χ3v) is 5.86. The van der Waals surface area contributed by atoms with Crippen molar-refractivity contribution in [2.45, 2.75) is 43.8 Å². The summed E-state index contributed by atoms with van der Waals surface area (Å²) in [5.74, 6) is 1.30. The molecule has 1 atom stereocenters. The van der Waals surface area contributed by atoms with Crippen molar-refractivity contribution in [3.63, 3.8) is 0 Å². The summed E-state index contributed by atoms with van der Waals surface area (Å²) in [5.41, 5.74) is 0.963. The summed E-state index contributed by atoms with van der Waals surface area (Å²) in [7, 11) is 0. The first-order chi connectivity index (χ1) is 11.7. The van der Waals surface area contributed by atoms with Gasteiger partial charge in [0.1, 0.15) is 0 Å². The molecule has 1 fully saturated rings. The molecule has 0 spiro atoms. The second-order valence-electron chi connectivity index (χ2n) is 5.88. The van der Waals surface area contributed by atoms with Crippen LogP contribution < -0.4 is 0 Å². The van der Waals surface area contributed by atoms with Gasteiger partial charge >= 0.3 is 0 Å². The topological polar surface area (TPSA) is 61.9 Å². The molecule has 1 aromatic carbocycles. The van der Waals surface area contributed by atoms with Crippen LogP contribution in [-0.4, -0.2) is 44.3 Å². The maximum Gasteiger partial charge on any atom is 0.233 e. The molecule has 0 aliphatic carbocycles. The molecule has 24 heavy (non-hydrogen) atoms. The summed E-state index contributed by atoms with van der Waals surface area (Å²) < 4.78 is 0.966. The predicted molar refractivity (Wildman–Crippen MR) is 99.9 cm³/mol. The fourth-order valence-corrected chi connectivity index (χ4v) is 4.20. The van der Waals surface area contributed by atoms with E-state index in [-0.39, 0.29) is 5.91 Å². The molecular weight excluding hydrogens is 388 g/mol. The predicted octanol–water partition coefficient (Wildman–Crippen LogP) is 4.12. The standard InChI is InChI=1S/C17H21BrN4OS/c1-2-12-7-5-6-10-22(12)15(23)11-24-17-19-16(20-21-17)13-8-3-4-9-14(13)18/h3-4,8-9,12H,2,5-7,10-11H2,1H3,(H,19,20,21)/t12-/m1/s1. The van der Waals surface area contributed by atoms with E-state index in [2.05, 4.69) is 38.0 Å². The van der Waals surface area contributed by atoms with Gasteiger partial charge in [-0.05, 0) is 31.7 Å². The molecule has 7 heteroatoms. The molecule has 1 saturated heterocycles. The number of nitrogens with zero attached hydrogens (tertiary/aromatic N) is 3. The van der Waals surface area contributed by atoms with E-state index in [0.717, 1.165) is 35.8 Å². The zero-order valence-corrected chi connectivity index (χ0v) is 16.1. The van der Waals surface area contributed by atoms with Gasteiger partial charge in [0.15, 0.2) is 5.82 Å². The molecule has 0 saturated carbocycles. The average Bonchev–Trinajstić information content (AvgIpc) is 3.08. The van der Waals surface area contributed by atoms with Gasteiger partial charge in [-0.1, -0.05) is 52.8 Å². The first kappa shape index (κ1) is 17.5. The normalized spacial score (nSPS) is 17.9. The molecule has 1 aromatic heterocycles. The van der Waals surface area contributed by atoms with E-state index in [9.17, 15) is 4.79 Å². The van der Waals surface area contributed by atoms with Gasteiger partial charge in [-0.2, -0.15) is 0 Å². The Bertz CT molecular complexity index is 705. The number of hydrogen-bond donors (Lipinski definition) is 1. The van der Waals surface area contributed by atoms with E-state index in [1.807, 2.05) is 29.2 Å². The minimum Gasteiger partial charge on any atom is -0.339 e. The molecule has 2 aromatic rings. The van der Waals surface area contributed by atoms with Crippen LogP contribution in [0.5, 0.6) is 0 Å². The summed E-state index contributed by atoms with van der Waals surface area (Å²) >= 11 is 4.91. The minimum atomic E-state index is 0.193. The molecule has 2 heterocycles. The zero-order chi connectivity index (χ0) is 16.9. The zero-order valence-electron chi connectivity index (χ0n) is 13.7. The van der Waals surface area contributed by atoms with Crippen LogP contribution in [0.1, 0.15) is 32.6 Å². The fraction of sp³-hybridized carbons (Fsp3) is 0.471. The number of carbonyl (C=O) groups is 1. The SMILES string of the molecule is CC[C@@H]1CCCCN1C(=O)CSc1n[nH]c(-c2ccccc2Br)n1. The van der Waals surface area contributed by atoms with Crippen molar-refractivity contribution in [1.29, 1.82) is 0 Å². The van der Waals surface area contributed by atoms with Crippen LogP contribution in [0.15, 0.2) is 33.9 Å². The lowest BCUT2D eigenvalue weighted by molar-refractivity contribution is -0.132. The van der Waals surface area contributed by atoms with Crippen molar-refractivity contribution in [3.8, 4) is 11.4 Å². The van der Waals surface area contributed by atoms with Gasteiger partial charge in [0.2, 0.25) is 11.1 Å². The highest BCUT2D eigenvalue weighted by molar-refractivity contribution is 9.10. The lowest BCUT2D eigenvalue weighted by atomic mass is 10.0. The van der Waals surface area contributed by atoms with Crippen LogP contribution in [-0.2, 0) is 4.79 Å². The van der Waals surface area contributed by atoms with Crippen LogP contribution in [0, 0.1) is 0 Å². The fourth-order valence-electron chi connectivity index (χ4n) is 3.05. The Labute approximate surface area is 154 Å². The Balaban J connectivity index is 1.61. The van der Waals surface area contributed by atoms with Gasteiger partial charge in [-0.15, -0.1) is 5.10 Å². The molecule has 1 aliphatic rings. The van der Waals surface area contributed by atoms with Gasteiger partial charge in [0.05, 0.1) is 5.75 Å². The largest absolute Gasteiger partial charge is 0.339 e. The number of amides is 1. The first-order valence-corrected chi connectivity index (χ1v) is 10.1.